The zero-order chi connectivity index (χ0) is 22.9. The molecule has 32 heavy (non-hydrogen) atoms. The summed E-state index contributed by atoms with van der Waals surface area (Å²) in [5.41, 5.74) is 0.650. The van der Waals surface area contributed by atoms with Gasteiger partial charge >= 0.3 is 5.97 Å². The predicted octanol–water partition coefficient (Wildman–Crippen LogP) is 5.53. The third kappa shape index (κ3) is 4.33. The zero-order valence-electron chi connectivity index (χ0n) is 17.3. The molecule has 6 nitrogen and oxygen atoms in total. The van der Waals surface area contributed by atoms with Gasteiger partial charge in [-0.15, -0.1) is 0 Å². The SMILES string of the molecule is CC1(CC(=O)O)CC(c2cccc(Cl)c2)C(c2ccc(Cl)cc2)N(c2ccncn2)C1=O. The standard InChI is InChI=1S/C24H21Cl2N3O3/c1-24(13-21(30)31)12-19(16-3-2-4-18(26)11-16)22(15-5-7-17(25)8-6-15)29(23(24)32)20-9-10-27-14-28-20/h2-11,14,19,22H,12-13H2,1H3,(H,30,31). The lowest BCUT2D eigenvalue weighted by Gasteiger charge is -2.48. The molecule has 4 rings (SSSR count). The van der Waals surface area contributed by atoms with Crippen molar-refractivity contribution in [3.8, 4) is 0 Å². The van der Waals surface area contributed by atoms with Crippen LogP contribution in [0, 0.1) is 5.41 Å². The van der Waals surface area contributed by atoms with Crippen LogP contribution in [0.3, 0.4) is 0 Å². The zero-order valence-corrected chi connectivity index (χ0v) is 18.8. The molecule has 3 unspecified atom stereocenters. The van der Waals surface area contributed by atoms with E-state index in [0.717, 1.165) is 11.1 Å². The topological polar surface area (TPSA) is 83.4 Å². The number of amides is 1. The van der Waals surface area contributed by atoms with Crippen molar-refractivity contribution in [2.75, 3.05) is 4.90 Å². The third-order valence-corrected chi connectivity index (χ3v) is 6.39. The Morgan fingerprint density at radius 3 is 2.50 bits per heavy atom. The Balaban J connectivity index is 1.94. The fraction of sp³-hybridized carbons (Fsp3) is 0.250. The molecule has 1 saturated heterocycles. The van der Waals surface area contributed by atoms with Gasteiger partial charge in [0, 0.05) is 22.2 Å². The second kappa shape index (κ2) is 8.88. The number of anilines is 1. The first-order valence-electron chi connectivity index (χ1n) is 10.1. The van der Waals surface area contributed by atoms with Crippen LogP contribution in [0.1, 0.15) is 42.9 Å². The van der Waals surface area contributed by atoms with Gasteiger partial charge in [-0.05, 0) is 47.9 Å². The minimum absolute atomic E-state index is 0.230. The second-order valence-corrected chi connectivity index (χ2v) is 9.11. The maximum atomic E-state index is 13.8. The molecule has 8 heteroatoms. The van der Waals surface area contributed by atoms with E-state index in [1.807, 2.05) is 30.3 Å². The minimum atomic E-state index is -1.13. The van der Waals surface area contributed by atoms with Crippen LogP contribution in [-0.2, 0) is 9.59 Å². The van der Waals surface area contributed by atoms with Crippen LogP contribution < -0.4 is 4.90 Å². The number of piperidine rings is 1. The summed E-state index contributed by atoms with van der Waals surface area (Å²) < 4.78 is 0. The van der Waals surface area contributed by atoms with E-state index >= 15 is 0 Å². The summed E-state index contributed by atoms with van der Waals surface area (Å²) in [7, 11) is 0. The monoisotopic (exact) mass is 469 g/mol. The van der Waals surface area contributed by atoms with E-state index in [1.165, 1.54) is 6.33 Å². The minimum Gasteiger partial charge on any atom is -0.481 e. The molecule has 1 aromatic heterocycles. The number of benzene rings is 2. The first-order valence-corrected chi connectivity index (χ1v) is 10.9. The highest BCUT2D eigenvalue weighted by Gasteiger charge is 2.51. The van der Waals surface area contributed by atoms with Crippen LogP contribution in [0.25, 0.3) is 0 Å². The van der Waals surface area contributed by atoms with Gasteiger partial charge in [-0.25, -0.2) is 9.97 Å². The summed E-state index contributed by atoms with van der Waals surface area (Å²) in [4.78, 5) is 35.4. The van der Waals surface area contributed by atoms with Crippen molar-refractivity contribution in [2.24, 2.45) is 5.41 Å². The molecule has 164 valence electrons. The molecule has 0 spiro atoms. The Kier molecular flexibility index (Phi) is 6.17. The highest BCUT2D eigenvalue weighted by molar-refractivity contribution is 6.30. The summed E-state index contributed by atoms with van der Waals surface area (Å²) in [5.74, 6) is -1.14. The number of aromatic nitrogens is 2. The summed E-state index contributed by atoms with van der Waals surface area (Å²) in [5, 5.41) is 10.7. The first-order chi connectivity index (χ1) is 15.3. The Bertz CT molecular complexity index is 1140. The maximum absolute atomic E-state index is 13.8. The van der Waals surface area contributed by atoms with Crippen molar-refractivity contribution in [3.05, 3.63) is 88.3 Å². The van der Waals surface area contributed by atoms with E-state index in [0.29, 0.717) is 22.3 Å². The van der Waals surface area contributed by atoms with Gasteiger partial charge in [0.25, 0.3) is 0 Å². The lowest BCUT2D eigenvalue weighted by molar-refractivity contribution is -0.145. The number of halogens is 2. The van der Waals surface area contributed by atoms with Crippen molar-refractivity contribution in [1.29, 1.82) is 0 Å². The number of aliphatic carboxylic acids is 1. The number of rotatable bonds is 5. The van der Waals surface area contributed by atoms with Crippen LogP contribution in [0.5, 0.6) is 0 Å². The highest BCUT2D eigenvalue weighted by atomic mass is 35.5. The number of carbonyl (C=O) groups is 2. The van der Waals surface area contributed by atoms with Crippen LogP contribution in [-0.4, -0.2) is 27.0 Å². The molecule has 1 aliphatic heterocycles. The Hall–Kier alpha value is -2.96. The molecule has 1 N–H and O–H groups in total. The van der Waals surface area contributed by atoms with Gasteiger partial charge in [-0.2, -0.15) is 0 Å². The summed E-state index contributed by atoms with van der Waals surface area (Å²) in [6, 6.07) is 16.0. The Labute approximate surface area is 195 Å². The van der Waals surface area contributed by atoms with Crippen molar-refractivity contribution in [1.82, 2.24) is 9.97 Å². The molecule has 0 radical (unpaired) electrons. The highest BCUT2D eigenvalue weighted by Crippen LogP contribution is 2.52. The van der Waals surface area contributed by atoms with Gasteiger partial charge in [0.2, 0.25) is 5.91 Å². The van der Waals surface area contributed by atoms with Crippen LogP contribution in [0.2, 0.25) is 10.0 Å². The van der Waals surface area contributed by atoms with Crippen molar-refractivity contribution in [2.45, 2.75) is 31.7 Å². The predicted molar refractivity (Wildman–Crippen MR) is 123 cm³/mol. The van der Waals surface area contributed by atoms with Gasteiger partial charge in [-0.3, -0.25) is 14.5 Å². The van der Waals surface area contributed by atoms with Gasteiger partial charge in [0.05, 0.1) is 17.9 Å². The average molecular weight is 470 g/mol. The number of nitrogens with zero attached hydrogens (tertiary/aromatic N) is 3. The molecular weight excluding hydrogens is 449 g/mol. The molecule has 1 aliphatic rings. The number of hydrogen-bond donors (Lipinski definition) is 1. The molecule has 0 bridgehead atoms. The molecule has 0 saturated carbocycles. The van der Waals surface area contributed by atoms with E-state index in [-0.39, 0.29) is 18.2 Å². The smallest absolute Gasteiger partial charge is 0.304 e. The first kappa shape index (κ1) is 22.2. The largest absolute Gasteiger partial charge is 0.481 e. The Morgan fingerprint density at radius 2 is 1.88 bits per heavy atom. The van der Waals surface area contributed by atoms with Crippen LogP contribution >= 0.6 is 23.2 Å². The quantitative estimate of drug-likeness (QED) is 0.531. The number of carboxylic acids is 1. The van der Waals surface area contributed by atoms with Crippen molar-refractivity contribution < 1.29 is 14.7 Å². The Morgan fingerprint density at radius 1 is 1.12 bits per heavy atom. The molecule has 3 atom stereocenters. The van der Waals surface area contributed by atoms with E-state index in [4.69, 9.17) is 23.2 Å². The molecule has 1 amide bonds. The summed E-state index contributed by atoms with van der Waals surface area (Å²) in [6.07, 6.45) is 2.98. The molecule has 1 fully saturated rings. The fourth-order valence-corrected chi connectivity index (χ4v) is 4.84. The summed E-state index contributed by atoms with van der Waals surface area (Å²) >= 11 is 12.4. The van der Waals surface area contributed by atoms with Crippen molar-refractivity contribution in [3.63, 3.8) is 0 Å². The van der Waals surface area contributed by atoms with Gasteiger partial charge < -0.3 is 5.11 Å². The lowest BCUT2D eigenvalue weighted by atomic mass is 9.67. The molecule has 2 aromatic carbocycles. The van der Waals surface area contributed by atoms with Gasteiger partial charge in [0.1, 0.15) is 12.1 Å². The summed E-state index contributed by atoms with van der Waals surface area (Å²) in [6.45, 7) is 1.70. The lowest BCUT2D eigenvalue weighted by Crippen LogP contribution is -2.53. The molecule has 3 aromatic rings. The number of hydrogen-bond acceptors (Lipinski definition) is 4. The fourth-order valence-electron chi connectivity index (χ4n) is 4.51. The maximum Gasteiger partial charge on any atom is 0.304 e. The molecular formula is C24H21Cl2N3O3. The van der Waals surface area contributed by atoms with Crippen LogP contribution in [0.4, 0.5) is 5.82 Å². The number of carbonyl (C=O) groups excluding carboxylic acids is 1. The molecule has 2 heterocycles. The van der Waals surface area contributed by atoms with E-state index < -0.39 is 17.4 Å². The van der Waals surface area contributed by atoms with E-state index in [2.05, 4.69) is 9.97 Å². The van der Waals surface area contributed by atoms with Gasteiger partial charge in [0.15, 0.2) is 0 Å². The van der Waals surface area contributed by atoms with Gasteiger partial charge in [-0.1, -0.05) is 54.4 Å². The third-order valence-electron chi connectivity index (χ3n) is 5.91. The normalized spacial score (nSPS) is 23.2. The van der Waals surface area contributed by atoms with E-state index in [1.54, 1.807) is 42.3 Å². The molecule has 0 aliphatic carbocycles. The second-order valence-electron chi connectivity index (χ2n) is 8.24. The van der Waals surface area contributed by atoms with Crippen molar-refractivity contribution >= 4 is 40.9 Å². The van der Waals surface area contributed by atoms with E-state index in [9.17, 15) is 14.7 Å². The average Bonchev–Trinajstić information content (AvgIpc) is 2.76. The van der Waals surface area contributed by atoms with Crippen LogP contribution in [0.15, 0.2) is 67.1 Å². The number of carboxylic acid groups (broad SMARTS) is 1.